The van der Waals surface area contributed by atoms with Gasteiger partial charge >= 0.3 is 0 Å². The SMILES string of the molecule is COc1ccccc1C(=O)NCCN(c1ccc(Cl)cc1C)S(C)(=O)=O. The third-order valence-electron chi connectivity index (χ3n) is 3.78. The number of hydrogen-bond acceptors (Lipinski definition) is 4. The molecule has 8 heteroatoms. The van der Waals surface area contributed by atoms with Gasteiger partial charge in [0.25, 0.3) is 5.91 Å². The van der Waals surface area contributed by atoms with Gasteiger partial charge in [-0.1, -0.05) is 23.7 Å². The van der Waals surface area contributed by atoms with Gasteiger partial charge in [-0.25, -0.2) is 8.42 Å². The summed E-state index contributed by atoms with van der Waals surface area (Å²) in [6.07, 6.45) is 1.13. The van der Waals surface area contributed by atoms with Gasteiger partial charge in [0.05, 0.1) is 31.2 Å². The number of hydrogen-bond donors (Lipinski definition) is 1. The van der Waals surface area contributed by atoms with Gasteiger partial charge in [0.1, 0.15) is 5.75 Å². The van der Waals surface area contributed by atoms with Crippen molar-refractivity contribution in [2.45, 2.75) is 6.92 Å². The Morgan fingerprint density at radius 2 is 1.92 bits per heavy atom. The predicted molar refractivity (Wildman–Crippen MR) is 104 cm³/mol. The molecule has 0 aliphatic rings. The number of para-hydroxylation sites is 1. The van der Waals surface area contributed by atoms with Crippen molar-refractivity contribution < 1.29 is 17.9 Å². The molecule has 0 saturated carbocycles. The molecule has 0 fully saturated rings. The summed E-state index contributed by atoms with van der Waals surface area (Å²) in [5, 5.41) is 3.26. The van der Waals surface area contributed by atoms with Gasteiger partial charge < -0.3 is 10.1 Å². The molecule has 2 aromatic rings. The number of sulfonamides is 1. The van der Waals surface area contributed by atoms with E-state index in [1.54, 1.807) is 49.4 Å². The first-order valence-electron chi connectivity index (χ1n) is 7.89. The van der Waals surface area contributed by atoms with Gasteiger partial charge in [0.2, 0.25) is 10.0 Å². The van der Waals surface area contributed by atoms with Crippen LogP contribution in [0.15, 0.2) is 42.5 Å². The number of nitrogens with zero attached hydrogens (tertiary/aromatic N) is 1. The lowest BCUT2D eigenvalue weighted by molar-refractivity contribution is 0.0952. The highest BCUT2D eigenvalue weighted by Crippen LogP contribution is 2.25. The summed E-state index contributed by atoms with van der Waals surface area (Å²) in [5.41, 5.74) is 1.66. The van der Waals surface area contributed by atoms with Crippen molar-refractivity contribution >= 4 is 33.2 Å². The maximum absolute atomic E-state index is 12.3. The second-order valence-corrected chi connectivity index (χ2v) is 8.07. The number of halogens is 1. The van der Waals surface area contributed by atoms with E-state index in [9.17, 15) is 13.2 Å². The Labute approximate surface area is 158 Å². The Morgan fingerprint density at radius 3 is 2.54 bits per heavy atom. The lowest BCUT2D eigenvalue weighted by Gasteiger charge is -2.24. The summed E-state index contributed by atoms with van der Waals surface area (Å²) < 4.78 is 30.8. The van der Waals surface area contributed by atoms with Crippen LogP contribution >= 0.6 is 11.6 Å². The number of carbonyl (C=O) groups is 1. The Morgan fingerprint density at radius 1 is 1.23 bits per heavy atom. The maximum atomic E-state index is 12.3. The van der Waals surface area contributed by atoms with Crippen molar-refractivity contribution in [2.24, 2.45) is 0 Å². The fourth-order valence-electron chi connectivity index (χ4n) is 2.56. The third-order valence-corrected chi connectivity index (χ3v) is 5.19. The molecule has 1 N–H and O–H groups in total. The molecule has 1 amide bonds. The van der Waals surface area contributed by atoms with E-state index in [4.69, 9.17) is 16.3 Å². The first-order valence-corrected chi connectivity index (χ1v) is 10.1. The van der Waals surface area contributed by atoms with E-state index in [0.29, 0.717) is 22.0 Å². The molecule has 6 nitrogen and oxygen atoms in total. The van der Waals surface area contributed by atoms with Crippen LogP contribution in [0.5, 0.6) is 5.75 Å². The smallest absolute Gasteiger partial charge is 0.255 e. The Bertz CT molecular complexity index is 900. The Hall–Kier alpha value is -2.25. The van der Waals surface area contributed by atoms with E-state index in [2.05, 4.69) is 5.32 Å². The van der Waals surface area contributed by atoms with Gasteiger partial charge in [0, 0.05) is 11.6 Å². The van der Waals surface area contributed by atoms with E-state index in [1.807, 2.05) is 0 Å². The molecule has 2 rings (SSSR count). The average molecular weight is 397 g/mol. The molecule has 2 aromatic carbocycles. The number of benzene rings is 2. The molecule has 26 heavy (non-hydrogen) atoms. The van der Waals surface area contributed by atoms with Crippen molar-refractivity contribution in [1.82, 2.24) is 5.32 Å². The molecule has 0 saturated heterocycles. The van der Waals surface area contributed by atoms with Crippen LogP contribution in [0.4, 0.5) is 5.69 Å². The number of methoxy groups -OCH3 is 1. The molecule has 140 valence electrons. The number of carbonyl (C=O) groups excluding carboxylic acids is 1. The zero-order valence-electron chi connectivity index (χ0n) is 14.8. The van der Waals surface area contributed by atoms with Crippen molar-refractivity contribution in [1.29, 1.82) is 0 Å². The standard InChI is InChI=1S/C18H21ClN2O4S/c1-13-12-14(19)8-9-16(13)21(26(3,23)24)11-10-20-18(22)15-6-4-5-7-17(15)25-2/h4-9,12H,10-11H2,1-3H3,(H,20,22). The van der Waals surface area contributed by atoms with Crippen LogP contribution in [-0.4, -0.2) is 40.8 Å². The number of ether oxygens (including phenoxy) is 1. The summed E-state index contributed by atoms with van der Waals surface area (Å²) in [6, 6.07) is 11.8. The van der Waals surface area contributed by atoms with Gasteiger partial charge in [-0.15, -0.1) is 0 Å². The van der Waals surface area contributed by atoms with Crippen molar-refractivity contribution in [3.8, 4) is 5.75 Å². The highest BCUT2D eigenvalue weighted by molar-refractivity contribution is 7.92. The van der Waals surface area contributed by atoms with Crippen LogP contribution < -0.4 is 14.4 Å². The first kappa shape index (κ1) is 20.1. The molecule has 0 aliphatic carbocycles. The molecular formula is C18H21ClN2O4S. The average Bonchev–Trinajstić information content (AvgIpc) is 2.58. The van der Waals surface area contributed by atoms with E-state index in [0.717, 1.165) is 11.8 Å². The van der Waals surface area contributed by atoms with Gasteiger partial charge in [0.15, 0.2) is 0 Å². The van der Waals surface area contributed by atoms with Crippen LogP contribution in [0.2, 0.25) is 5.02 Å². The van der Waals surface area contributed by atoms with E-state index in [1.165, 1.54) is 11.4 Å². The van der Waals surface area contributed by atoms with Crippen LogP contribution in [0.3, 0.4) is 0 Å². The van der Waals surface area contributed by atoms with Crippen LogP contribution in [-0.2, 0) is 10.0 Å². The largest absolute Gasteiger partial charge is 0.496 e. The minimum Gasteiger partial charge on any atom is -0.496 e. The number of rotatable bonds is 7. The van der Waals surface area contributed by atoms with E-state index in [-0.39, 0.29) is 19.0 Å². The zero-order valence-corrected chi connectivity index (χ0v) is 16.4. The molecule has 0 bridgehead atoms. The maximum Gasteiger partial charge on any atom is 0.255 e. The molecule has 0 atom stereocenters. The van der Waals surface area contributed by atoms with E-state index < -0.39 is 10.0 Å². The molecule has 0 aromatic heterocycles. The first-order chi connectivity index (χ1) is 12.2. The summed E-state index contributed by atoms with van der Waals surface area (Å²) in [4.78, 5) is 12.3. The quantitative estimate of drug-likeness (QED) is 0.780. The van der Waals surface area contributed by atoms with Crippen molar-refractivity contribution in [3.05, 3.63) is 58.6 Å². The van der Waals surface area contributed by atoms with Crippen molar-refractivity contribution in [3.63, 3.8) is 0 Å². The van der Waals surface area contributed by atoms with Gasteiger partial charge in [-0.2, -0.15) is 0 Å². The fraction of sp³-hybridized carbons (Fsp3) is 0.278. The van der Waals surface area contributed by atoms with Crippen molar-refractivity contribution in [2.75, 3.05) is 30.8 Å². The number of aryl methyl sites for hydroxylation is 1. The number of amides is 1. The lowest BCUT2D eigenvalue weighted by Crippen LogP contribution is -2.38. The molecule has 0 heterocycles. The van der Waals surface area contributed by atoms with Crippen LogP contribution in [0.1, 0.15) is 15.9 Å². The molecule has 0 unspecified atom stereocenters. The second kappa shape index (κ2) is 8.42. The molecule has 0 aliphatic heterocycles. The lowest BCUT2D eigenvalue weighted by atomic mass is 10.2. The van der Waals surface area contributed by atoms with Gasteiger partial charge in [-0.3, -0.25) is 9.10 Å². The predicted octanol–water partition coefficient (Wildman–Crippen LogP) is 2.85. The van der Waals surface area contributed by atoms with Crippen LogP contribution in [0, 0.1) is 6.92 Å². The minimum atomic E-state index is -3.51. The summed E-state index contributed by atoms with van der Waals surface area (Å²) >= 11 is 5.94. The highest BCUT2D eigenvalue weighted by atomic mass is 35.5. The topological polar surface area (TPSA) is 75.7 Å². The molecule has 0 radical (unpaired) electrons. The summed E-state index contributed by atoms with van der Waals surface area (Å²) in [6.45, 7) is 2.03. The third kappa shape index (κ3) is 4.89. The Balaban J connectivity index is 2.12. The number of anilines is 1. The second-order valence-electron chi connectivity index (χ2n) is 5.72. The monoisotopic (exact) mass is 396 g/mol. The summed E-state index contributed by atoms with van der Waals surface area (Å²) in [5.74, 6) is 0.127. The van der Waals surface area contributed by atoms with Gasteiger partial charge in [-0.05, 0) is 42.8 Å². The van der Waals surface area contributed by atoms with E-state index >= 15 is 0 Å². The fourth-order valence-corrected chi connectivity index (χ4v) is 3.77. The summed E-state index contributed by atoms with van der Waals surface area (Å²) in [7, 11) is -2.03. The molecule has 0 spiro atoms. The molecular weight excluding hydrogens is 376 g/mol. The minimum absolute atomic E-state index is 0.0994. The highest BCUT2D eigenvalue weighted by Gasteiger charge is 2.20. The number of nitrogens with one attached hydrogen (secondary N) is 1. The van der Waals surface area contributed by atoms with Crippen LogP contribution in [0.25, 0.3) is 0 Å². The Kier molecular flexibility index (Phi) is 6.50. The normalized spacial score (nSPS) is 11.1. The zero-order chi connectivity index (χ0) is 19.3.